The van der Waals surface area contributed by atoms with Gasteiger partial charge in [0.05, 0.1) is 5.69 Å². The molecule has 2 fully saturated rings. The average Bonchev–Trinajstić information content (AvgIpc) is 2.85. The number of piperazine rings is 1. The van der Waals surface area contributed by atoms with Crippen LogP contribution in [0.1, 0.15) is 23.3 Å². The molecule has 3 heterocycles. The zero-order valence-electron chi connectivity index (χ0n) is 10.2. The number of rotatable bonds is 2. The number of hydrogen-bond acceptors (Lipinski definition) is 4. The Morgan fingerprint density at radius 1 is 1.39 bits per heavy atom. The van der Waals surface area contributed by atoms with E-state index in [0.29, 0.717) is 6.04 Å². The summed E-state index contributed by atoms with van der Waals surface area (Å²) in [5.41, 5.74) is 0.931. The maximum atomic E-state index is 11.2. The van der Waals surface area contributed by atoms with Crippen molar-refractivity contribution in [2.45, 2.75) is 18.9 Å². The van der Waals surface area contributed by atoms with Crippen LogP contribution in [0.5, 0.6) is 0 Å². The van der Waals surface area contributed by atoms with Crippen LogP contribution in [0.3, 0.4) is 0 Å². The van der Waals surface area contributed by atoms with Crippen LogP contribution in [0.15, 0.2) is 18.3 Å². The van der Waals surface area contributed by atoms with Gasteiger partial charge in [0.15, 0.2) is 5.69 Å². The van der Waals surface area contributed by atoms with Crippen LogP contribution in [0.25, 0.3) is 0 Å². The van der Waals surface area contributed by atoms with Crippen molar-refractivity contribution in [2.75, 3.05) is 31.1 Å². The third-order valence-electron chi connectivity index (χ3n) is 3.92. The lowest BCUT2D eigenvalue weighted by molar-refractivity contribution is 0.0691. The molecule has 1 aromatic heterocycles. The summed E-state index contributed by atoms with van der Waals surface area (Å²) in [6.45, 7) is 4.03. The number of pyridine rings is 1. The predicted octanol–water partition coefficient (Wildman–Crippen LogP) is 1.06. The Balaban J connectivity index is 1.85. The predicted molar refractivity (Wildman–Crippen MR) is 68.0 cm³/mol. The number of carboxylic acid groups (broad SMARTS) is 1. The van der Waals surface area contributed by atoms with Gasteiger partial charge in [0.1, 0.15) is 0 Å². The summed E-state index contributed by atoms with van der Waals surface area (Å²) in [4.78, 5) is 19.9. The normalized spacial score (nSPS) is 24.0. The van der Waals surface area contributed by atoms with Crippen molar-refractivity contribution in [1.29, 1.82) is 0 Å². The van der Waals surface area contributed by atoms with Gasteiger partial charge in [0.2, 0.25) is 0 Å². The van der Waals surface area contributed by atoms with Gasteiger partial charge in [-0.25, -0.2) is 9.78 Å². The van der Waals surface area contributed by atoms with Crippen molar-refractivity contribution in [1.82, 2.24) is 9.88 Å². The second-order valence-electron chi connectivity index (χ2n) is 4.95. The fourth-order valence-corrected chi connectivity index (χ4v) is 3.03. The Bertz CT molecular complexity index is 463. The zero-order valence-corrected chi connectivity index (χ0v) is 10.2. The molecule has 3 rings (SSSR count). The first-order valence-electron chi connectivity index (χ1n) is 6.43. The van der Waals surface area contributed by atoms with Crippen molar-refractivity contribution in [3.8, 4) is 0 Å². The summed E-state index contributed by atoms with van der Waals surface area (Å²) < 4.78 is 0. The quantitative estimate of drug-likeness (QED) is 0.847. The minimum absolute atomic E-state index is 0.170. The Hall–Kier alpha value is -1.62. The van der Waals surface area contributed by atoms with Crippen LogP contribution in [-0.2, 0) is 0 Å². The van der Waals surface area contributed by atoms with Crippen molar-refractivity contribution in [3.63, 3.8) is 0 Å². The van der Waals surface area contributed by atoms with E-state index in [1.165, 1.54) is 19.4 Å². The fraction of sp³-hybridized carbons (Fsp3) is 0.538. The molecule has 0 aliphatic carbocycles. The van der Waals surface area contributed by atoms with Gasteiger partial charge in [-0.1, -0.05) is 0 Å². The molecule has 0 saturated carbocycles. The monoisotopic (exact) mass is 247 g/mol. The summed E-state index contributed by atoms with van der Waals surface area (Å²) in [5.74, 6) is -0.945. The van der Waals surface area contributed by atoms with E-state index in [1.807, 2.05) is 12.1 Å². The highest BCUT2D eigenvalue weighted by molar-refractivity contribution is 5.92. The first-order chi connectivity index (χ1) is 8.75. The van der Waals surface area contributed by atoms with E-state index in [-0.39, 0.29) is 5.69 Å². The van der Waals surface area contributed by atoms with Crippen molar-refractivity contribution in [2.24, 2.45) is 0 Å². The number of nitrogens with zero attached hydrogens (tertiary/aromatic N) is 3. The molecule has 5 heteroatoms. The van der Waals surface area contributed by atoms with Gasteiger partial charge in [-0.3, -0.25) is 4.90 Å². The number of aromatic nitrogens is 1. The number of aromatic carboxylic acids is 1. The largest absolute Gasteiger partial charge is 0.476 e. The molecular formula is C13H17N3O2. The molecule has 0 spiro atoms. The van der Waals surface area contributed by atoms with E-state index in [1.54, 1.807) is 6.20 Å². The number of carboxylic acids is 1. The fourth-order valence-electron chi connectivity index (χ4n) is 3.03. The molecule has 0 aromatic carbocycles. The third kappa shape index (κ3) is 1.95. The van der Waals surface area contributed by atoms with Crippen LogP contribution >= 0.6 is 0 Å². The number of anilines is 1. The Morgan fingerprint density at radius 2 is 2.28 bits per heavy atom. The highest BCUT2D eigenvalue weighted by Gasteiger charge is 2.31. The van der Waals surface area contributed by atoms with Gasteiger partial charge in [0, 0.05) is 31.9 Å². The van der Waals surface area contributed by atoms with E-state index in [4.69, 9.17) is 0 Å². The molecule has 18 heavy (non-hydrogen) atoms. The maximum Gasteiger partial charge on any atom is 0.356 e. The second kappa shape index (κ2) is 4.57. The molecule has 96 valence electrons. The molecule has 0 amide bonds. The van der Waals surface area contributed by atoms with Crippen LogP contribution in [-0.4, -0.2) is 53.2 Å². The lowest BCUT2D eigenvalue weighted by Crippen LogP contribution is -2.50. The zero-order chi connectivity index (χ0) is 12.5. The molecule has 0 radical (unpaired) electrons. The average molecular weight is 247 g/mol. The Kier molecular flexibility index (Phi) is 2.91. The molecule has 5 nitrogen and oxygen atoms in total. The first kappa shape index (κ1) is 11.5. The number of hydrogen-bond donors (Lipinski definition) is 1. The van der Waals surface area contributed by atoms with Crippen molar-refractivity contribution < 1.29 is 9.90 Å². The van der Waals surface area contributed by atoms with Gasteiger partial charge >= 0.3 is 5.97 Å². The summed E-state index contributed by atoms with van der Waals surface area (Å²) in [6, 6.07) is 4.25. The van der Waals surface area contributed by atoms with Crippen LogP contribution < -0.4 is 4.90 Å². The van der Waals surface area contributed by atoms with E-state index >= 15 is 0 Å². The van der Waals surface area contributed by atoms with Crippen molar-refractivity contribution in [3.05, 3.63) is 24.0 Å². The highest BCUT2D eigenvalue weighted by atomic mass is 16.4. The SMILES string of the molecule is O=C(O)c1ncccc1N1CCN2CCCC2C1. The first-order valence-corrected chi connectivity index (χ1v) is 6.43. The molecule has 1 unspecified atom stereocenters. The summed E-state index contributed by atoms with van der Waals surface area (Å²) in [5, 5.41) is 9.18. The molecule has 0 bridgehead atoms. The molecule has 1 atom stereocenters. The summed E-state index contributed by atoms with van der Waals surface area (Å²) >= 11 is 0. The molecule has 1 aromatic rings. The second-order valence-corrected chi connectivity index (χ2v) is 4.95. The van der Waals surface area contributed by atoms with Gasteiger partial charge in [-0.15, -0.1) is 0 Å². The maximum absolute atomic E-state index is 11.2. The van der Waals surface area contributed by atoms with Crippen LogP contribution in [0.4, 0.5) is 5.69 Å². The van der Waals surface area contributed by atoms with Gasteiger partial charge < -0.3 is 10.0 Å². The van der Waals surface area contributed by atoms with E-state index in [9.17, 15) is 9.90 Å². The topological polar surface area (TPSA) is 56.7 Å². The molecule has 2 saturated heterocycles. The lowest BCUT2D eigenvalue weighted by Gasteiger charge is -2.39. The van der Waals surface area contributed by atoms with Gasteiger partial charge in [-0.05, 0) is 31.5 Å². The minimum Gasteiger partial charge on any atom is -0.476 e. The van der Waals surface area contributed by atoms with E-state index < -0.39 is 5.97 Å². The van der Waals surface area contributed by atoms with E-state index in [0.717, 1.165) is 25.3 Å². The smallest absolute Gasteiger partial charge is 0.356 e. The summed E-state index contributed by atoms with van der Waals surface area (Å²) in [6.07, 6.45) is 4.02. The minimum atomic E-state index is -0.945. The summed E-state index contributed by atoms with van der Waals surface area (Å²) in [7, 11) is 0. The molecule has 2 aliphatic heterocycles. The van der Waals surface area contributed by atoms with Gasteiger partial charge in [0.25, 0.3) is 0 Å². The standard InChI is InChI=1S/C13H17N3O2/c17-13(18)12-11(4-1-5-14-12)16-8-7-15-6-2-3-10(15)9-16/h1,4-5,10H,2-3,6-9H2,(H,17,18). The third-order valence-corrected chi connectivity index (χ3v) is 3.92. The number of carbonyl (C=O) groups is 1. The Labute approximate surface area is 106 Å². The van der Waals surface area contributed by atoms with E-state index in [2.05, 4.69) is 14.8 Å². The molecular weight excluding hydrogens is 230 g/mol. The highest BCUT2D eigenvalue weighted by Crippen LogP contribution is 2.26. The Morgan fingerprint density at radius 3 is 3.11 bits per heavy atom. The number of fused-ring (bicyclic) bond motifs is 1. The van der Waals surface area contributed by atoms with Crippen molar-refractivity contribution >= 4 is 11.7 Å². The van der Waals surface area contributed by atoms with Crippen LogP contribution in [0, 0.1) is 0 Å². The van der Waals surface area contributed by atoms with Crippen LogP contribution in [0.2, 0.25) is 0 Å². The van der Waals surface area contributed by atoms with Gasteiger partial charge in [-0.2, -0.15) is 0 Å². The lowest BCUT2D eigenvalue weighted by atomic mass is 10.1. The molecule has 1 N–H and O–H groups in total. The molecule has 2 aliphatic rings.